The van der Waals surface area contributed by atoms with Crippen molar-refractivity contribution in [2.24, 2.45) is 0 Å². The highest BCUT2D eigenvalue weighted by molar-refractivity contribution is 7.99. The predicted octanol–water partition coefficient (Wildman–Crippen LogP) is -0.0166. The molecule has 2 atom stereocenters. The van der Waals surface area contributed by atoms with Crippen LogP contribution in [-0.2, 0) is 14.4 Å². The lowest BCUT2D eigenvalue weighted by Crippen LogP contribution is -2.51. The Kier molecular flexibility index (Phi) is 3.79. The van der Waals surface area contributed by atoms with Crippen molar-refractivity contribution in [2.75, 3.05) is 18.2 Å². The maximum Gasteiger partial charge on any atom is 0.326 e. The van der Waals surface area contributed by atoms with Gasteiger partial charge in [0, 0.05) is 19.2 Å². The van der Waals surface area contributed by atoms with Crippen molar-refractivity contribution in [3.8, 4) is 0 Å². The first-order valence-corrected chi connectivity index (χ1v) is 7.06. The summed E-state index contributed by atoms with van der Waals surface area (Å²) in [6.45, 7) is 1.91. The van der Waals surface area contributed by atoms with Gasteiger partial charge in [-0.1, -0.05) is 0 Å². The van der Waals surface area contributed by atoms with E-state index in [1.165, 1.54) is 28.5 Å². The lowest BCUT2D eigenvalue weighted by Gasteiger charge is -2.28. The van der Waals surface area contributed by atoms with E-state index in [0.717, 1.165) is 0 Å². The first-order chi connectivity index (χ1) is 8.52. The van der Waals surface area contributed by atoms with Crippen LogP contribution in [0.2, 0.25) is 0 Å². The fourth-order valence-electron chi connectivity index (χ4n) is 2.44. The van der Waals surface area contributed by atoms with Gasteiger partial charge >= 0.3 is 5.97 Å². The van der Waals surface area contributed by atoms with Crippen molar-refractivity contribution in [3.05, 3.63) is 0 Å². The van der Waals surface area contributed by atoms with Crippen LogP contribution in [0.4, 0.5) is 0 Å². The molecule has 2 fully saturated rings. The summed E-state index contributed by atoms with van der Waals surface area (Å²) in [4.78, 5) is 37.7. The van der Waals surface area contributed by atoms with E-state index in [-0.39, 0.29) is 11.8 Å². The number of rotatable bonds is 2. The normalized spacial score (nSPS) is 27.6. The molecular weight excluding hydrogens is 256 g/mol. The molecule has 2 aliphatic rings. The number of nitrogens with zero attached hydrogens (tertiary/aromatic N) is 2. The molecule has 0 bridgehead atoms. The minimum Gasteiger partial charge on any atom is -0.480 e. The zero-order valence-electron chi connectivity index (χ0n) is 10.2. The minimum atomic E-state index is -0.958. The van der Waals surface area contributed by atoms with Gasteiger partial charge in [0.05, 0.1) is 5.88 Å². The number of hydrogen-bond acceptors (Lipinski definition) is 4. The fourth-order valence-corrected chi connectivity index (χ4v) is 3.65. The molecule has 0 radical (unpaired) electrons. The van der Waals surface area contributed by atoms with E-state index in [9.17, 15) is 14.4 Å². The van der Waals surface area contributed by atoms with Crippen molar-refractivity contribution in [1.29, 1.82) is 0 Å². The second-order valence-electron chi connectivity index (χ2n) is 4.53. The van der Waals surface area contributed by atoms with E-state index in [1.54, 1.807) is 0 Å². The van der Waals surface area contributed by atoms with Crippen LogP contribution in [0.15, 0.2) is 0 Å². The Morgan fingerprint density at radius 2 is 1.94 bits per heavy atom. The fraction of sp³-hybridized carbons (Fsp3) is 0.727. The molecule has 2 amide bonds. The van der Waals surface area contributed by atoms with Gasteiger partial charge in [-0.2, -0.15) is 0 Å². The Hall–Kier alpha value is -1.24. The molecule has 2 aliphatic heterocycles. The maximum atomic E-state index is 12.3. The molecule has 2 saturated heterocycles. The molecule has 0 spiro atoms. The van der Waals surface area contributed by atoms with Crippen molar-refractivity contribution in [3.63, 3.8) is 0 Å². The van der Waals surface area contributed by atoms with Gasteiger partial charge in [0.15, 0.2) is 0 Å². The number of hydrogen-bond donors (Lipinski definition) is 1. The Labute approximate surface area is 109 Å². The van der Waals surface area contributed by atoms with Crippen LogP contribution in [0.5, 0.6) is 0 Å². The second-order valence-corrected chi connectivity index (χ2v) is 5.53. The number of likely N-dealkylation sites (tertiary alicyclic amines) is 1. The summed E-state index contributed by atoms with van der Waals surface area (Å²) in [5, 5.41) is 9.07. The molecule has 1 N–H and O–H groups in total. The van der Waals surface area contributed by atoms with Gasteiger partial charge in [-0.05, 0) is 12.8 Å². The summed E-state index contributed by atoms with van der Waals surface area (Å²) in [5.74, 6) is -0.246. The average molecular weight is 272 g/mol. The summed E-state index contributed by atoms with van der Waals surface area (Å²) >= 11 is 1.53. The average Bonchev–Trinajstić information content (AvgIpc) is 2.97. The summed E-state index contributed by atoms with van der Waals surface area (Å²) in [6.07, 6.45) is 1.21. The standard InChI is InChI=1S/C11H16N2O4S/c1-7(14)13-6-18-5-9(13)10(15)12-4-2-3-8(12)11(16)17/h8-9H,2-6H2,1H3,(H,16,17)/t8-,9-/m0/s1. The topological polar surface area (TPSA) is 77.9 Å². The smallest absolute Gasteiger partial charge is 0.326 e. The van der Waals surface area contributed by atoms with Gasteiger partial charge in [0.25, 0.3) is 0 Å². The molecule has 2 heterocycles. The quantitative estimate of drug-likeness (QED) is 0.764. The molecule has 7 heteroatoms. The summed E-state index contributed by atoms with van der Waals surface area (Å²) in [6, 6.07) is -1.22. The molecule has 6 nitrogen and oxygen atoms in total. The lowest BCUT2D eigenvalue weighted by atomic mass is 10.2. The Bertz CT molecular complexity index is 353. The zero-order valence-corrected chi connectivity index (χ0v) is 11.0. The van der Waals surface area contributed by atoms with Crippen molar-refractivity contribution in [1.82, 2.24) is 9.80 Å². The van der Waals surface area contributed by atoms with Crippen molar-refractivity contribution in [2.45, 2.75) is 31.8 Å². The van der Waals surface area contributed by atoms with Gasteiger partial charge in [-0.25, -0.2) is 4.79 Å². The maximum absolute atomic E-state index is 12.3. The molecule has 2 rings (SSSR count). The first-order valence-electron chi connectivity index (χ1n) is 5.90. The Morgan fingerprint density at radius 3 is 2.56 bits per heavy atom. The number of carboxylic acid groups (broad SMARTS) is 1. The van der Waals surface area contributed by atoms with E-state index in [4.69, 9.17) is 5.11 Å². The van der Waals surface area contributed by atoms with E-state index in [1.807, 2.05) is 0 Å². The first kappa shape index (κ1) is 13.2. The van der Waals surface area contributed by atoms with Crippen LogP contribution in [0.1, 0.15) is 19.8 Å². The predicted molar refractivity (Wildman–Crippen MR) is 66.0 cm³/mol. The van der Waals surface area contributed by atoms with Crippen LogP contribution in [0, 0.1) is 0 Å². The second kappa shape index (κ2) is 5.17. The number of carboxylic acids is 1. The van der Waals surface area contributed by atoms with Crippen LogP contribution in [-0.4, -0.2) is 62.9 Å². The molecule has 0 aromatic carbocycles. The molecule has 18 heavy (non-hydrogen) atoms. The van der Waals surface area contributed by atoms with Gasteiger partial charge in [-0.3, -0.25) is 9.59 Å². The van der Waals surface area contributed by atoms with Crippen LogP contribution >= 0.6 is 11.8 Å². The number of aliphatic carboxylic acids is 1. The van der Waals surface area contributed by atoms with E-state index in [2.05, 4.69) is 0 Å². The third kappa shape index (κ3) is 2.31. The Morgan fingerprint density at radius 1 is 1.22 bits per heavy atom. The third-order valence-corrected chi connectivity index (χ3v) is 4.40. The molecule has 100 valence electrons. The minimum absolute atomic E-state index is 0.135. The van der Waals surface area contributed by atoms with Gasteiger partial charge in [0.2, 0.25) is 11.8 Å². The monoisotopic (exact) mass is 272 g/mol. The number of thioether (sulfide) groups is 1. The Balaban J connectivity index is 2.11. The summed E-state index contributed by atoms with van der Waals surface area (Å²) in [5.41, 5.74) is 0. The highest BCUT2D eigenvalue weighted by Crippen LogP contribution is 2.26. The summed E-state index contributed by atoms with van der Waals surface area (Å²) < 4.78 is 0. The van der Waals surface area contributed by atoms with Crippen molar-refractivity contribution >= 4 is 29.5 Å². The largest absolute Gasteiger partial charge is 0.480 e. The molecule has 0 unspecified atom stereocenters. The zero-order chi connectivity index (χ0) is 13.3. The van der Waals surface area contributed by atoms with Crippen molar-refractivity contribution < 1.29 is 19.5 Å². The number of amides is 2. The number of carbonyl (C=O) groups excluding carboxylic acids is 2. The highest BCUT2D eigenvalue weighted by Gasteiger charge is 2.41. The van der Waals surface area contributed by atoms with Crippen LogP contribution in [0.25, 0.3) is 0 Å². The van der Waals surface area contributed by atoms with Crippen LogP contribution in [0.3, 0.4) is 0 Å². The lowest BCUT2D eigenvalue weighted by molar-refractivity contribution is -0.151. The van der Waals surface area contributed by atoms with Gasteiger partial charge in [-0.15, -0.1) is 11.8 Å². The summed E-state index contributed by atoms with van der Waals surface area (Å²) in [7, 11) is 0. The third-order valence-electron chi connectivity index (χ3n) is 3.39. The van der Waals surface area contributed by atoms with Gasteiger partial charge in [0.1, 0.15) is 12.1 Å². The highest BCUT2D eigenvalue weighted by atomic mass is 32.2. The van der Waals surface area contributed by atoms with Crippen LogP contribution < -0.4 is 0 Å². The molecule has 0 aliphatic carbocycles. The SMILES string of the molecule is CC(=O)N1CSC[C@H]1C(=O)N1CCC[C@H]1C(=O)O. The molecule has 0 saturated carbocycles. The van der Waals surface area contributed by atoms with E-state index >= 15 is 0 Å². The number of carbonyl (C=O) groups is 3. The van der Waals surface area contributed by atoms with E-state index < -0.39 is 18.1 Å². The van der Waals surface area contributed by atoms with Gasteiger partial charge < -0.3 is 14.9 Å². The molecule has 0 aromatic heterocycles. The molecule has 0 aromatic rings. The molecular formula is C11H16N2O4S. The van der Waals surface area contributed by atoms with E-state index in [0.29, 0.717) is 31.0 Å².